The highest BCUT2D eigenvalue weighted by atomic mass is 19.4. The number of H-pyrrole nitrogens is 1. The molecule has 4 rings (SSSR count). The Morgan fingerprint density at radius 3 is 2.80 bits per heavy atom. The molecule has 0 spiro atoms. The quantitative estimate of drug-likeness (QED) is 0.571. The average Bonchev–Trinajstić information content (AvgIpc) is 3.39. The van der Waals surface area contributed by atoms with Crippen molar-refractivity contribution >= 4 is 16.8 Å². The van der Waals surface area contributed by atoms with Gasteiger partial charge in [0.2, 0.25) is 11.8 Å². The number of carbonyl (C=O) groups is 1. The van der Waals surface area contributed by atoms with Gasteiger partial charge in [-0.05, 0) is 43.2 Å². The highest BCUT2D eigenvalue weighted by molar-refractivity contribution is 5.85. The normalized spacial score (nSPS) is 19.5. The van der Waals surface area contributed by atoms with Crippen molar-refractivity contribution in [3.8, 4) is 5.88 Å². The predicted octanol–water partition coefficient (Wildman–Crippen LogP) is 4.62. The van der Waals surface area contributed by atoms with E-state index in [9.17, 15) is 22.4 Å². The minimum Gasteiger partial charge on any atom is -0.468 e. The fourth-order valence-corrected chi connectivity index (χ4v) is 3.45. The summed E-state index contributed by atoms with van der Waals surface area (Å²) in [4.78, 5) is 19.7. The van der Waals surface area contributed by atoms with Gasteiger partial charge >= 0.3 is 6.18 Å². The van der Waals surface area contributed by atoms with Crippen molar-refractivity contribution in [2.24, 2.45) is 5.92 Å². The first kappa shape index (κ1) is 20.2. The fraction of sp³-hybridized carbons (Fsp3) is 0.333. The van der Waals surface area contributed by atoms with Gasteiger partial charge in [0.1, 0.15) is 5.82 Å². The number of nitrogens with zero attached hydrogens (tertiary/aromatic N) is 1. The van der Waals surface area contributed by atoms with Crippen molar-refractivity contribution in [1.82, 2.24) is 15.3 Å². The zero-order chi connectivity index (χ0) is 21.5. The number of aromatic nitrogens is 2. The molecular weight excluding hydrogens is 402 g/mol. The van der Waals surface area contributed by atoms with Gasteiger partial charge < -0.3 is 15.0 Å². The molecule has 1 aliphatic rings. The van der Waals surface area contributed by atoms with Crippen LogP contribution in [0.5, 0.6) is 5.88 Å². The van der Waals surface area contributed by atoms with Crippen LogP contribution in [0.15, 0.2) is 42.6 Å². The minimum atomic E-state index is -4.43. The Kier molecular flexibility index (Phi) is 5.13. The molecular formula is C21H19F4N3O2. The highest BCUT2D eigenvalue weighted by Crippen LogP contribution is 2.48. The van der Waals surface area contributed by atoms with Gasteiger partial charge in [-0.1, -0.05) is 6.07 Å². The van der Waals surface area contributed by atoms with Gasteiger partial charge in [0, 0.05) is 40.7 Å². The molecule has 5 nitrogen and oxygen atoms in total. The summed E-state index contributed by atoms with van der Waals surface area (Å²) in [6.07, 6.45) is -2.36. The number of amides is 1. The number of alkyl halides is 3. The lowest BCUT2D eigenvalue weighted by Crippen LogP contribution is -2.28. The summed E-state index contributed by atoms with van der Waals surface area (Å²) in [5.41, 5.74) is 2.38. The molecule has 1 aromatic carbocycles. The van der Waals surface area contributed by atoms with Crippen molar-refractivity contribution in [2.45, 2.75) is 31.5 Å². The van der Waals surface area contributed by atoms with Crippen LogP contribution in [0, 0.1) is 11.7 Å². The van der Waals surface area contributed by atoms with E-state index in [0.29, 0.717) is 12.0 Å². The lowest BCUT2D eigenvalue weighted by Gasteiger charge is -2.15. The molecule has 9 heteroatoms. The molecule has 0 aliphatic heterocycles. The average molecular weight is 421 g/mol. The van der Waals surface area contributed by atoms with E-state index in [0.717, 1.165) is 16.6 Å². The van der Waals surface area contributed by atoms with E-state index in [1.165, 1.54) is 24.4 Å². The first-order valence-electron chi connectivity index (χ1n) is 9.43. The Bertz CT molecular complexity index is 1060. The van der Waals surface area contributed by atoms with Crippen molar-refractivity contribution in [3.05, 3.63) is 59.7 Å². The van der Waals surface area contributed by atoms with Crippen LogP contribution in [0.1, 0.15) is 36.6 Å². The standard InChI is InChI=1S/C21H19F4N3O2/c1-11(12-2-5-19(26-9-12)30-10-21(23,24)25)27-20(29)16-8-15(16)18-7-13-6-14(22)3-4-17(13)28-18/h2-7,9,11,15-16,28H,8,10H2,1H3,(H,27,29)/t11-,15?,16?/m1/s1. The van der Waals surface area contributed by atoms with Gasteiger partial charge in [0.25, 0.3) is 0 Å². The number of aromatic amines is 1. The summed E-state index contributed by atoms with van der Waals surface area (Å²) in [6, 6.07) is 8.91. The number of hydrogen-bond donors (Lipinski definition) is 2. The largest absolute Gasteiger partial charge is 0.468 e. The smallest absolute Gasteiger partial charge is 0.422 e. The summed E-state index contributed by atoms with van der Waals surface area (Å²) in [7, 11) is 0. The van der Waals surface area contributed by atoms with E-state index in [4.69, 9.17) is 0 Å². The van der Waals surface area contributed by atoms with Gasteiger partial charge in [-0.3, -0.25) is 4.79 Å². The van der Waals surface area contributed by atoms with Gasteiger partial charge in [0.05, 0.1) is 6.04 Å². The van der Waals surface area contributed by atoms with E-state index >= 15 is 0 Å². The lowest BCUT2D eigenvalue weighted by molar-refractivity contribution is -0.154. The molecule has 3 aromatic rings. The second-order valence-corrected chi connectivity index (χ2v) is 7.47. The molecule has 2 unspecified atom stereocenters. The zero-order valence-electron chi connectivity index (χ0n) is 16.0. The summed E-state index contributed by atoms with van der Waals surface area (Å²) in [5.74, 6) is -0.700. The van der Waals surface area contributed by atoms with Crippen LogP contribution in [0.4, 0.5) is 17.6 Å². The molecule has 158 valence electrons. The monoisotopic (exact) mass is 421 g/mol. The third-order valence-electron chi connectivity index (χ3n) is 5.13. The van der Waals surface area contributed by atoms with Crippen LogP contribution in [0.3, 0.4) is 0 Å². The fourth-order valence-electron chi connectivity index (χ4n) is 3.45. The maximum Gasteiger partial charge on any atom is 0.422 e. The molecule has 30 heavy (non-hydrogen) atoms. The van der Waals surface area contributed by atoms with E-state index in [2.05, 4.69) is 20.0 Å². The highest BCUT2D eigenvalue weighted by Gasteiger charge is 2.45. The van der Waals surface area contributed by atoms with Crippen LogP contribution < -0.4 is 10.1 Å². The van der Waals surface area contributed by atoms with Gasteiger partial charge in [0.15, 0.2) is 6.61 Å². The molecule has 1 fully saturated rings. The Hall–Kier alpha value is -3.10. The van der Waals surface area contributed by atoms with E-state index in [1.807, 2.05) is 6.07 Å². The van der Waals surface area contributed by atoms with Crippen LogP contribution in [0.2, 0.25) is 0 Å². The molecule has 1 amide bonds. The number of hydrogen-bond acceptors (Lipinski definition) is 3. The van der Waals surface area contributed by atoms with E-state index in [-0.39, 0.29) is 35.5 Å². The van der Waals surface area contributed by atoms with E-state index < -0.39 is 12.8 Å². The number of halogens is 4. The first-order chi connectivity index (χ1) is 14.2. The lowest BCUT2D eigenvalue weighted by atomic mass is 10.1. The number of pyridine rings is 1. The molecule has 1 saturated carbocycles. The second-order valence-electron chi connectivity index (χ2n) is 7.47. The van der Waals surface area contributed by atoms with Crippen LogP contribution >= 0.6 is 0 Å². The summed E-state index contributed by atoms with van der Waals surface area (Å²) in [5, 5.41) is 3.67. The van der Waals surface area contributed by atoms with Gasteiger partial charge in [-0.15, -0.1) is 0 Å². The van der Waals surface area contributed by atoms with Crippen molar-refractivity contribution < 1.29 is 27.1 Å². The Balaban J connectivity index is 1.33. The SMILES string of the molecule is C[C@@H](NC(=O)C1CC1c1cc2cc(F)ccc2[nH]1)c1ccc(OCC(F)(F)F)nc1. The Labute approximate surface area is 169 Å². The van der Waals surface area contributed by atoms with Crippen LogP contribution in [-0.2, 0) is 4.79 Å². The number of ether oxygens (including phenoxy) is 1. The number of rotatable bonds is 6. The second kappa shape index (κ2) is 7.62. The van der Waals surface area contributed by atoms with Crippen molar-refractivity contribution in [1.29, 1.82) is 0 Å². The molecule has 0 saturated heterocycles. The number of nitrogens with one attached hydrogen (secondary N) is 2. The van der Waals surface area contributed by atoms with Gasteiger partial charge in [-0.2, -0.15) is 13.2 Å². The maximum atomic E-state index is 13.4. The predicted molar refractivity (Wildman–Crippen MR) is 101 cm³/mol. The van der Waals surface area contributed by atoms with E-state index in [1.54, 1.807) is 19.1 Å². The van der Waals surface area contributed by atoms with Crippen LogP contribution in [0.25, 0.3) is 10.9 Å². The summed E-state index contributed by atoms with van der Waals surface area (Å²) in [6.45, 7) is 0.364. The minimum absolute atomic E-state index is 0.0453. The number of fused-ring (bicyclic) bond motifs is 1. The Morgan fingerprint density at radius 1 is 1.30 bits per heavy atom. The molecule has 1 aliphatic carbocycles. The zero-order valence-corrected chi connectivity index (χ0v) is 16.0. The van der Waals surface area contributed by atoms with Crippen molar-refractivity contribution in [3.63, 3.8) is 0 Å². The van der Waals surface area contributed by atoms with Gasteiger partial charge in [-0.25, -0.2) is 9.37 Å². The molecule has 0 bridgehead atoms. The summed E-state index contributed by atoms with van der Waals surface area (Å²) < 4.78 is 54.5. The third-order valence-corrected chi connectivity index (χ3v) is 5.13. The number of benzene rings is 1. The Morgan fingerprint density at radius 2 is 2.10 bits per heavy atom. The molecule has 2 aromatic heterocycles. The topological polar surface area (TPSA) is 67.0 Å². The first-order valence-corrected chi connectivity index (χ1v) is 9.43. The van der Waals surface area contributed by atoms with Crippen molar-refractivity contribution in [2.75, 3.05) is 6.61 Å². The van der Waals surface area contributed by atoms with Crippen LogP contribution in [-0.4, -0.2) is 28.7 Å². The molecule has 3 atom stereocenters. The maximum absolute atomic E-state index is 13.4. The number of carbonyl (C=O) groups excluding carboxylic acids is 1. The molecule has 0 radical (unpaired) electrons. The molecule has 2 heterocycles. The summed E-state index contributed by atoms with van der Waals surface area (Å²) >= 11 is 0. The molecule has 2 N–H and O–H groups in total. The third kappa shape index (κ3) is 4.55.